The van der Waals surface area contributed by atoms with Gasteiger partial charge in [-0.2, -0.15) is 0 Å². The summed E-state index contributed by atoms with van der Waals surface area (Å²) >= 11 is 6.05. The summed E-state index contributed by atoms with van der Waals surface area (Å²) < 4.78 is 2.00. The van der Waals surface area contributed by atoms with Gasteiger partial charge < -0.3 is 10.3 Å². The second kappa shape index (κ2) is 7.63. The third-order valence-corrected chi connectivity index (χ3v) is 4.75. The van der Waals surface area contributed by atoms with Crippen LogP contribution >= 0.6 is 11.6 Å². The molecular weight excluding hydrogens is 366 g/mol. The summed E-state index contributed by atoms with van der Waals surface area (Å²) in [6, 6.07) is 15.6. The molecule has 2 aromatic carbocycles. The Balaban J connectivity index is 1.98. The van der Waals surface area contributed by atoms with Crippen LogP contribution in [0.2, 0.25) is 5.02 Å². The van der Waals surface area contributed by atoms with Gasteiger partial charge in [-0.15, -0.1) is 0 Å². The summed E-state index contributed by atoms with van der Waals surface area (Å²) in [6.45, 7) is 2.46. The molecule has 6 nitrogen and oxygen atoms in total. The number of nitrogens with zero attached hydrogens (tertiary/aromatic N) is 2. The Morgan fingerprint density at radius 2 is 1.89 bits per heavy atom. The van der Waals surface area contributed by atoms with E-state index in [0.29, 0.717) is 23.6 Å². The summed E-state index contributed by atoms with van der Waals surface area (Å²) in [5.74, 6) is -0.503. The maximum atomic E-state index is 11.8. The van der Waals surface area contributed by atoms with Crippen LogP contribution in [0, 0.1) is 17.0 Å². The maximum absolute atomic E-state index is 11.8. The second-order valence-corrected chi connectivity index (χ2v) is 6.66. The zero-order chi connectivity index (χ0) is 19.6. The molecule has 1 aromatic heterocycles. The van der Waals surface area contributed by atoms with Crippen LogP contribution < -0.4 is 5.73 Å². The van der Waals surface area contributed by atoms with Gasteiger partial charge in [0.05, 0.1) is 10.5 Å². The van der Waals surface area contributed by atoms with E-state index in [1.54, 1.807) is 18.2 Å². The van der Waals surface area contributed by atoms with E-state index in [1.807, 2.05) is 35.8 Å². The van der Waals surface area contributed by atoms with Crippen molar-refractivity contribution in [1.29, 1.82) is 0 Å². The van der Waals surface area contributed by atoms with E-state index < -0.39 is 10.8 Å². The molecule has 0 aliphatic heterocycles. The zero-order valence-corrected chi connectivity index (χ0v) is 15.4. The first kappa shape index (κ1) is 18.7. The zero-order valence-electron chi connectivity index (χ0n) is 14.7. The Labute approximate surface area is 161 Å². The minimum absolute atomic E-state index is 0.0163. The highest BCUT2D eigenvalue weighted by molar-refractivity contribution is 6.30. The monoisotopic (exact) mass is 383 g/mol. The number of nitro benzene ring substituents is 1. The molecule has 0 saturated heterocycles. The van der Waals surface area contributed by atoms with Crippen molar-refractivity contribution in [3.8, 4) is 11.3 Å². The lowest BCUT2D eigenvalue weighted by atomic mass is 10.1. The molecule has 7 heteroatoms. The van der Waals surface area contributed by atoms with E-state index in [2.05, 4.69) is 0 Å². The van der Waals surface area contributed by atoms with Gasteiger partial charge in [-0.1, -0.05) is 23.7 Å². The normalized spacial score (nSPS) is 10.7. The van der Waals surface area contributed by atoms with Gasteiger partial charge in [0, 0.05) is 35.1 Å². The number of carbonyl (C=O) groups excluding carboxylic acids is 1. The van der Waals surface area contributed by atoms with E-state index in [4.69, 9.17) is 17.3 Å². The average Bonchev–Trinajstić information content (AvgIpc) is 2.97. The van der Waals surface area contributed by atoms with Crippen LogP contribution in [0.4, 0.5) is 5.69 Å². The lowest BCUT2D eigenvalue weighted by molar-refractivity contribution is -0.384. The van der Waals surface area contributed by atoms with Crippen molar-refractivity contribution in [3.05, 3.63) is 86.6 Å². The number of nitro groups is 1. The van der Waals surface area contributed by atoms with Gasteiger partial charge in [0.15, 0.2) is 0 Å². The predicted octanol–water partition coefficient (Wildman–Crippen LogP) is 4.37. The molecular formula is C20H18ClN3O3. The van der Waals surface area contributed by atoms with Crippen LogP contribution in [0.5, 0.6) is 0 Å². The molecule has 138 valence electrons. The largest absolute Gasteiger partial charge is 0.366 e. The van der Waals surface area contributed by atoms with Gasteiger partial charge in [-0.05, 0) is 54.8 Å². The summed E-state index contributed by atoms with van der Waals surface area (Å²) in [4.78, 5) is 22.2. The Kier molecular flexibility index (Phi) is 5.28. The van der Waals surface area contributed by atoms with E-state index >= 15 is 0 Å². The minimum atomic E-state index is -0.503. The molecule has 0 aliphatic rings. The molecule has 3 rings (SSSR count). The first-order valence-corrected chi connectivity index (χ1v) is 8.74. The van der Waals surface area contributed by atoms with Gasteiger partial charge in [-0.25, -0.2) is 0 Å². The second-order valence-electron chi connectivity index (χ2n) is 6.23. The quantitative estimate of drug-likeness (QED) is 0.506. The lowest BCUT2D eigenvalue weighted by Gasteiger charge is -2.12. The lowest BCUT2D eigenvalue weighted by Crippen LogP contribution is -2.13. The van der Waals surface area contributed by atoms with Crippen molar-refractivity contribution < 1.29 is 9.72 Å². The van der Waals surface area contributed by atoms with Gasteiger partial charge in [-0.3, -0.25) is 14.9 Å². The van der Waals surface area contributed by atoms with Crippen LogP contribution in [-0.4, -0.2) is 15.4 Å². The number of hydrogen-bond donors (Lipinski definition) is 1. The first-order chi connectivity index (χ1) is 12.9. The molecule has 0 atom stereocenters. The number of aryl methyl sites for hydroxylation is 1. The number of benzene rings is 2. The van der Waals surface area contributed by atoms with E-state index in [9.17, 15) is 14.9 Å². The highest BCUT2D eigenvalue weighted by atomic mass is 35.5. The SMILES string of the molecule is Cc1c(C(N)=O)cc(-c2ccc([N+](=O)[O-])cc2)n1CCc1cccc(Cl)c1. The Hall–Kier alpha value is -3.12. The number of non-ortho nitro benzene ring substituents is 1. The van der Waals surface area contributed by atoms with Gasteiger partial charge in [0.1, 0.15) is 0 Å². The molecule has 0 unspecified atom stereocenters. The first-order valence-electron chi connectivity index (χ1n) is 8.36. The molecule has 1 amide bonds. The van der Waals surface area contributed by atoms with E-state index in [1.165, 1.54) is 12.1 Å². The predicted molar refractivity (Wildman–Crippen MR) is 105 cm³/mol. The molecule has 0 aliphatic carbocycles. The highest BCUT2D eigenvalue weighted by Gasteiger charge is 2.17. The van der Waals surface area contributed by atoms with Gasteiger partial charge in [0.25, 0.3) is 11.6 Å². The number of primary amides is 1. The minimum Gasteiger partial charge on any atom is -0.366 e. The molecule has 0 spiro atoms. The third kappa shape index (κ3) is 4.01. The summed E-state index contributed by atoms with van der Waals surface area (Å²) in [7, 11) is 0. The molecule has 2 N–H and O–H groups in total. The van der Waals surface area contributed by atoms with Crippen LogP contribution in [0.25, 0.3) is 11.3 Å². The molecule has 0 fully saturated rings. The number of rotatable bonds is 6. The molecule has 0 saturated carbocycles. The molecule has 27 heavy (non-hydrogen) atoms. The fraction of sp³-hybridized carbons (Fsp3) is 0.150. The Bertz CT molecular complexity index is 1010. The van der Waals surface area contributed by atoms with Crippen molar-refractivity contribution in [2.75, 3.05) is 0 Å². The number of aromatic nitrogens is 1. The van der Waals surface area contributed by atoms with E-state index in [-0.39, 0.29) is 5.69 Å². The molecule has 3 aromatic rings. The van der Waals surface area contributed by atoms with Crippen LogP contribution in [-0.2, 0) is 13.0 Å². The smallest absolute Gasteiger partial charge is 0.269 e. The Morgan fingerprint density at radius 1 is 1.19 bits per heavy atom. The van der Waals surface area contributed by atoms with Crippen LogP contribution in [0.1, 0.15) is 21.6 Å². The van der Waals surface area contributed by atoms with Crippen molar-refractivity contribution in [2.24, 2.45) is 5.73 Å². The van der Waals surface area contributed by atoms with Crippen molar-refractivity contribution >= 4 is 23.2 Å². The Morgan fingerprint density at radius 3 is 2.48 bits per heavy atom. The molecule has 0 bridgehead atoms. The van der Waals surface area contributed by atoms with Crippen LogP contribution in [0.15, 0.2) is 54.6 Å². The maximum Gasteiger partial charge on any atom is 0.269 e. The van der Waals surface area contributed by atoms with E-state index in [0.717, 1.165) is 22.5 Å². The van der Waals surface area contributed by atoms with Crippen molar-refractivity contribution in [1.82, 2.24) is 4.57 Å². The van der Waals surface area contributed by atoms with Gasteiger partial charge in [0.2, 0.25) is 0 Å². The summed E-state index contributed by atoms with van der Waals surface area (Å²) in [5, 5.41) is 11.5. The number of amides is 1. The summed E-state index contributed by atoms with van der Waals surface area (Å²) in [5.41, 5.74) is 9.37. The highest BCUT2D eigenvalue weighted by Crippen LogP contribution is 2.28. The molecule has 0 radical (unpaired) electrons. The molecule has 1 heterocycles. The van der Waals surface area contributed by atoms with Crippen molar-refractivity contribution in [2.45, 2.75) is 19.9 Å². The fourth-order valence-corrected chi connectivity index (χ4v) is 3.32. The summed E-state index contributed by atoms with van der Waals surface area (Å²) in [6.07, 6.45) is 0.717. The number of hydrogen-bond acceptors (Lipinski definition) is 3. The standard InChI is InChI=1S/C20H18ClN3O3/c1-13-18(20(22)25)12-19(15-5-7-17(8-6-15)24(26)27)23(13)10-9-14-3-2-4-16(21)11-14/h2-8,11-12H,9-10H2,1H3,(H2,22,25). The third-order valence-electron chi connectivity index (χ3n) is 4.52. The van der Waals surface area contributed by atoms with Crippen molar-refractivity contribution in [3.63, 3.8) is 0 Å². The topological polar surface area (TPSA) is 91.2 Å². The van der Waals surface area contributed by atoms with Crippen LogP contribution in [0.3, 0.4) is 0 Å². The fourth-order valence-electron chi connectivity index (χ4n) is 3.11. The number of carbonyl (C=O) groups is 1. The number of halogens is 1. The van der Waals surface area contributed by atoms with Gasteiger partial charge >= 0.3 is 0 Å². The number of nitrogens with two attached hydrogens (primary N) is 1. The average molecular weight is 384 g/mol.